The molecule has 1 N–H and O–H groups in total. The van der Waals surface area contributed by atoms with Gasteiger partial charge in [0.2, 0.25) is 0 Å². The van der Waals surface area contributed by atoms with Gasteiger partial charge in [0, 0.05) is 22.9 Å². The Labute approximate surface area is 234 Å². The average molecular weight is 553 g/mol. The first-order valence-corrected chi connectivity index (χ1v) is 17.4. The zero-order valence-electron chi connectivity index (χ0n) is 23.2. The number of halogens is 1. The molecule has 0 aliphatic heterocycles. The van der Waals surface area contributed by atoms with Gasteiger partial charge in [0.05, 0.1) is 24.0 Å². The minimum Gasteiger partial charge on any atom is -0.507 e. The summed E-state index contributed by atoms with van der Waals surface area (Å²) in [5, 5.41) is 12.4. The van der Waals surface area contributed by atoms with E-state index >= 15 is 0 Å². The Hall–Kier alpha value is -3.61. The van der Waals surface area contributed by atoms with Gasteiger partial charge < -0.3 is 5.11 Å². The first kappa shape index (κ1) is 27.0. The van der Waals surface area contributed by atoms with Gasteiger partial charge in [-0.25, -0.2) is 9.37 Å². The van der Waals surface area contributed by atoms with E-state index in [1.807, 2.05) is 24.3 Å². The maximum atomic E-state index is 13.7. The molecule has 0 aliphatic rings. The highest BCUT2D eigenvalue weighted by molar-refractivity contribution is 7.21. The minimum atomic E-state index is -1.40. The number of aromatic nitrogens is 1. The number of rotatable bonds is 5. The third kappa shape index (κ3) is 5.72. The fourth-order valence-electron chi connectivity index (χ4n) is 4.48. The van der Waals surface area contributed by atoms with Crippen molar-refractivity contribution in [3.05, 3.63) is 95.8 Å². The summed E-state index contributed by atoms with van der Waals surface area (Å²) in [5.74, 6) is -0.439. The van der Waals surface area contributed by atoms with Crippen LogP contribution in [0.4, 0.5) is 10.1 Å². The van der Waals surface area contributed by atoms with Gasteiger partial charge in [-0.05, 0) is 59.0 Å². The molecule has 0 fully saturated rings. The number of thiazole rings is 1. The molecule has 0 amide bonds. The normalized spacial score (nSPS) is 12.5. The highest BCUT2D eigenvalue weighted by Gasteiger charge is 2.21. The Morgan fingerprint density at radius 3 is 2.31 bits per heavy atom. The maximum Gasteiger partial charge on any atom is 0.126 e. The predicted molar refractivity (Wildman–Crippen MR) is 167 cm³/mol. The summed E-state index contributed by atoms with van der Waals surface area (Å²) < 4.78 is 14.9. The zero-order valence-corrected chi connectivity index (χ0v) is 25.0. The number of phenolic OH excluding ortho intramolecular Hbond substituents is 1. The Morgan fingerprint density at radius 2 is 1.62 bits per heavy atom. The molecule has 39 heavy (non-hydrogen) atoms. The summed E-state index contributed by atoms with van der Waals surface area (Å²) in [4.78, 5) is 9.76. The molecular formula is C33H33FN2OSSi. The van der Waals surface area contributed by atoms with Crippen molar-refractivity contribution in [2.24, 2.45) is 4.99 Å². The van der Waals surface area contributed by atoms with Gasteiger partial charge in [-0.15, -0.1) is 11.3 Å². The van der Waals surface area contributed by atoms with E-state index in [1.54, 1.807) is 11.3 Å². The van der Waals surface area contributed by atoms with E-state index in [9.17, 15) is 9.50 Å². The Morgan fingerprint density at radius 1 is 0.897 bits per heavy atom. The molecule has 5 rings (SSSR count). The quantitative estimate of drug-likeness (QED) is 0.175. The second kappa shape index (κ2) is 10.2. The van der Waals surface area contributed by atoms with Crippen LogP contribution in [-0.2, 0) is 5.41 Å². The van der Waals surface area contributed by atoms with Crippen LogP contribution in [0.15, 0.2) is 83.9 Å². The van der Waals surface area contributed by atoms with E-state index in [0.29, 0.717) is 11.3 Å². The topological polar surface area (TPSA) is 45.5 Å². The fraction of sp³-hybridized carbons (Fsp3) is 0.212. The van der Waals surface area contributed by atoms with E-state index in [0.717, 1.165) is 31.9 Å². The smallest absolute Gasteiger partial charge is 0.126 e. The number of hydrogen-bond acceptors (Lipinski definition) is 4. The lowest BCUT2D eigenvalue weighted by molar-refractivity contribution is 0.472. The fourth-order valence-corrected chi connectivity index (χ4v) is 6.72. The molecule has 0 saturated heterocycles. The first-order chi connectivity index (χ1) is 18.4. The van der Waals surface area contributed by atoms with Crippen LogP contribution in [0.5, 0.6) is 5.75 Å². The summed E-state index contributed by atoms with van der Waals surface area (Å²) in [6.45, 7) is 13.8. The molecule has 198 valence electrons. The molecule has 0 saturated carbocycles. The van der Waals surface area contributed by atoms with Gasteiger partial charge >= 0.3 is 0 Å². The van der Waals surface area contributed by atoms with Crippen molar-refractivity contribution in [3.8, 4) is 27.4 Å². The van der Waals surface area contributed by atoms with Gasteiger partial charge in [-0.1, -0.05) is 82.0 Å². The van der Waals surface area contributed by atoms with Crippen LogP contribution >= 0.6 is 11.3 Å². The lowest BCUT2D eigenvalue weighted by atomic mass is 9.85. The molecule has 4 aromatic carbocycles. The minimum absolute atomic E-state index is 0.0134. The average Bonchev–Trinajstić information content (AvgIpc) is 3.32. The predicted octanol–water partition coefficient (Wildman–Crippen LogP) is 9.07. The van der Waals surface area contributed by atoms with Crippen molar-refractivity contribution in [1.29, 1.82) is 0 Å². The summed E-state index contributed by atoms with van der Waals surface area (Å²) in [6, 6.07) is 25.2. The van der Waals surface area contributed by atoms with E-state index in [-0.39, 0.29) is 11.2 Å². The molecule has 0 aliphatic carbocycles. The first-order valence-electron chi connectivity index (χ1n) is 13.1. The highest BCUT2D eigenvalue weighted by Crippen LogP contribution is 2.41. The van der Waals surface area contributed by atoms with Crippen molar-refractivity contribution in [1.82, 2.24) is 4.98 Å². The number of aliphatic imine (C=N–C) groups is 1. The molecule has 0 atom stereocenters. The summed E-state index contributed by atoms with van der Waals surface area (Å²) in [5.41, 5.74) is 6.45. The van der Waals surface area contributed by atoms with Crippen LogP contribution in [0.25, 0.3) is 31.9 Å². The third-order valence-electron chi connectivity index (χ3n) is 6.89. The van der Waals surface area contributed by atoms with Crippen molar-refractivity contribution in [3.63, 3.8) is 0 Å². The van der Waals surface area contributed by atoms with Crippen LogP contribution < -0.4 is 5.19 Å². The van der Waals surface area contributed by atoms with Crippen LogP contribution in [-0.4, -0.2) is 24.4 Å². The van der Waals surface area contributed by atoms with Gasteiger partial charge in [-0.2, -0.15) is 0 Å². The van der Waals surface area contributed by atoms with Crippen molar-refractivity contribution in [2.45, 2.75) is 45.8 Å². The Bertz CT molecular complexity index is 1690. The maximum absolute atomic E-state index is 13.7. The zero-order chi connectivity index (χ0) is 27.9. The second-order valence-corrected chi connectivity index (χ2v) is 18.1. The Balaban J connectivity index is 1.64. The highest BCUT2D eigenvalue weighted by atomic mass is 32.1. The number of aromatic hydroxyl groups is 1. The second-order valence-electron chi connectivity index (χ2n) is 11.9. The van der Waals surface area contributed by atoms with Crippen LogP contribution in [0.1, 0.15) is 31.9 Å². The number of fused-ring (bicyclic) bond motifs is 1. The van der Waals surface area contributed by atoms with E-state index < -0.39 is 13.9 Å². The standard InChI is InChI=1S/C33H33FN2OSSi/c1-33(2,3)23-18-27(21-11-14-25(15-12-21)39(4,5)6)31-30(19-23)38-32(36-31)26-9-7-8-10-28(26)35-20-22-17-24(34)13-16-29(22)37/h7-20,37H,1-6H3. The summed E-state index contributed by atoms with van der Waals surface area (Å²) in [7, 11) is -1.40. The van der Waals surface area contributed by atoms with E-state index in [4.69, 9.17) is 4.98 Å². The lowest BCUT2D eigenvalue weighted by Gasteiger charge is -2.21. The lowest BCUT2D eigenvalue weighted by Crippen LogP contribution is -2.37. The molecule has 6 heteroatoms. The van der Waals surface area contributed by atoms with Crippen molar-refractivity contribution < 1.29 is 9.50 Å². The van der Waals surface area contributed by atoms with Gasteiger partial charge in [0.15, 0.2) is 0 Å². The molecule has 5 aromatic rings. The molecule has 0 unspecified atom stereocenters. The third-order valence-corrected chi connectivity index (χ3v) is 9.99. The molecule has 0 bridgehead atoms. The molecule has 1 aromatic heterocycles. The number of para-hydroxylation sites is 1. The van der Waals surface area contributed by atoms with Crippen molar-refractivity contribution in [2.75, 3.05) is 0 Å². The monoisotopic (exact) mass is 552 g/mol. The van der Waals surface area contributed by atoms with Crippen LogP contribution in [0.3, 0.4) is 0 Å². The largest absolute Gasteiger partial charge is 0.507 e. The molecular weight excluding hydrogens is 520 g/mol. The Kier molecular flexibility index (Phi) is 7.03. The SMILES string of the molecule is CC(C)(C)c1cc(-c2ccc([Si](C)(C)C)cc2)c2nc(-c3ccccc3N=Cc3cc(F)ccc3O)sc2c1. The summed E-state index contributed by atoms with van der Waals surface area (Å²) >= 11 is 1.65. The number of nitrogens with zero attached hydrogens (tertiary/aromatic N) is 2. The van der Waals surface area contributed by atoms with E-state index in [1.165, 1.54) is 35.2 Å². The molecule has 1 heterocycles. The summed E-state index contributed by atoms with van der Waals surface area (Å²) in [6.07, 6.45) is 1.49. The van der Waals surface area contributed by atoms with E-state index in [2.05, 4.69) is 81.8 Å². The molecule has 0 radical (unpaired) electrons. The molecule has 0 spiro atoms. The number of phenols is 1. The van der Waals surface area contributed by atoms with Gasteiger partial charge in [0.25, 0.3) is 0 Å². The van der Waals surface area contributed by atoms with Crippen LogP contribution in [0, 0.1) is 5.82 Å². The number of benzene rings is 4. The molecule has 3 nitrogen and oxygen atoms in total. The number of hydrogen-bond donors (Lipinski definition) is 1. The van der Waals surface area contributed by atoms with Gasteiger partial charge in [0.1, 0.15) is 16.6 Å². The van der Waals surface area contributed by atoms with Gasteiger partial charge in [-0.3, -0.25) is 4.99 Å². The van der Waals surface area contributed by atoms with Crippen LogP contribution in [0.2, 0.25) is 19.6 Å². The van der Waals surface area contributed by atoms with Crippen molar-refractivity contribution >= 4 is 46.7 Å².